The Morgan fingerprint density at radius 3 is 2.94 bits per heavy atom. The first-order valence-corrected chi connectivity index (χ1v) is 5.22. The third-order valence-electron chi connectivity index (χ3n) is 2.39. The fourth-order valence-corrected chi connectivity index (χ4v) is 1.51. The van der Waals surface area contributed by atoms with Crippen molar-refractivity contribution >= 4 is 11.2 Å². The molecule has 0 saturated carbocycles. The summed E-state index contributed by atoms with van der Waals surface area (Å²) in [6.45, 7) is 0.120. The van der Waals surface area contributed by atoms with Gasteiger partial charge in [-0.05, 0) is 6.07 Å². The number of hydrogen-bond acceptors (Lipinski definition) is 3. The molecule has 0 amide bonds. The van der Waals surface area contributed by atoms with Gasteiger partial charge in [-0.15, -0.1) is 0 Å². The lowest BCUT2D eigenvalue weighted by atomic mass is 10.3. The zero-order valence-electron chi connectivity index (χ0n) is 8.87. The fraction of sp³-hybridized carbons (Fsp3) is 0.250. The summed E-state index contributed by atoms with van der Waals surface area (Å²) in [5.41, 5.74) is 2.00. The van der Waals surface area contributed by atoms with Crippen molar-refractivity contribution in [1.29, 1.82) is 0 Å². The molecule has 1 atom stereocenters. The van der Waals surface area contributed by atoms with Gasteiger partial charge in [0.2, 0.25) is 5.52 Å². The molecule has 0 spiro atoms. The first kappa shape index (κ1) is 10.9. The minimum atomic E-state index is -0.723. The van der Waals surface area contributed by atoms with Gasteiger partial charge < -0.3 is 15.5 Å². The van der Waals surface area contributed by atoms with E-state index in [1.807, 2.05) is 47.1 Å². The molecule has 1 unspecified atom stereocenters. The van der Waals surface area contributed by atoms with Gasteiger partial charge in [-0.25, -0.2) is 0 Å². The summed E-state index contributed by atoms with van der Waals surface area (Å²) in [5, 5.41) is 21.0. The molecule has 4 heteroatoms. The molecule has 16 heavy (non-hydrogen) atoms. The topological polar surface area (TPSA) is 56.6 Å². The van der Waals surface area contributed by atoms with Crippen LogP contribution in [-0.2, 0) is 0 Å². The molecule has 2 aromatic rings. The maximum absolute atomic E-state index is 9.21. The van der Waals surface area contributed by atoms with Gasteiger partial charge in [0.25, 0.3) is 0 Å². The Labute approximate surface area is 93.8 Å². The van der Waals surface area contributed by atoms with Crippen LogP contribution in [0.25, 0.3) is 5.52 Å². The van der Waals surface area contributed by atoms with Gasteiger partial charge >= 0.3 is 0 Å². The second-order valence-electron chi connectivity index (χ2n) is 3.67. The van der Waals surface area contributed by atoms with Gasteiger partial charge in [0.15, 0.2) is 12.4 Å². The van der Waals surface area contributed by atoms with Crippen molar-refractivity contribution < 1.29 is 14.6 Å². The molecular weight excluding hydrogens is 204 g/mol. The van der Waals surface area contributed by atoms with Crippen molar-refractivity contribution in [1.82, 2.24) is 0 Å². The molecule has 2 heterocycles. The van der Waals surface area contributed by atoms with E-state index in [0.717, 1.165) is 11.2 Å². The molecule has 0 aliphatic rings. The number of hydrogen-bond donors (Lipinski definition) is 3. The Hall–Kier alpha value is -1.65. The third-order valence-corrected chi connectivity index (χ3v) is 2.39. The predicted octanol–water partition coefficient (Wildman–Crippen LogP) is 0.190. The molecule has 0 fully saturated rings. The molecule has 0 radical (unpaired) electrons. The van der Waals surface area contributed by atoms with Crippen molar-refractivity contribution in [2.45, 2.75) is 6.10 Å². The largest absolute Gasteiger partial charge is 0.394 e. The maximum atomic E-state index is 9.21. The highest BCUT2D eigenvalue weighted by Crippen LogP contribution is 2.07. The lowest BCUT2D eigenvalue weighted by molar-refractivity contribution is -0.511. The number of aromatic nitrogens is 1. The number of nitrogens with zero attached hydrogens (tertiary/aromatic N) is 1. The Kier molecular flexibility index (Phi) is 3.34. The second kappa shape index (κ2) is 4.92. The van der Waals surface area contributed by atoms with E-state index in [1.165, 1.54) is 0 Å². The highest BCUT2D eigenvalue weighted by atomic mass is 16.3. The van der Waals surface area contributed by atoms with Gasteiger partial charge in [0.05, 0.1) is 12.7 Å². The zero-order chi connectivity index (χ0) is 11.4. The van der Waals surface area contributed by atoms with Crippen LogP contribution in [0.5, 0.6) is 0 Å². The summed E-state index contributed by atoms with van der Waals surface area (Å²) in [7, 11) is 0. The molecule has 2 rings (SSSR count). The molecule has 0 bridgehead atoms. The molecule has 3 N–H and O–H groups in total. The molecule has 0 saturated heterocycles. The van der Waals surface area contributed by atoms with Crippen LogP contribution in [0.3, 0.4) is 0 Å². The van der Waals surface area contributed by atoms with Gasteiger partial charge in [-0.2, -0.15) is 4.40 Å². The van der Waals surface area contributed by atoms with Crippen LogP contribution in [0.1, 0.15) is 0 Å². The van der Waals surface area contributed by atoms with E-state index in [-0.39, 0.29) is 6.61 Å². The van der Waals surface area contributed by atoms with E-state index >= 15 is 0 Å². The Bertz CT molecular complexity index is 473. The molecule has 2 aromatic heterocycles. The standard InChI is InChI=1S/C12H14N2O2/c15-9-12(16)8-13-10-4-6-14-5-2-1-3-11(14)7-10/h1-7,12,15-16H,8-9H2/p+1. The van der Waals surface area contributed by atoms with Crippen molar-refractivity contribution in [2.24, 2.45) is 0 Å². The summed E-state index contributed by atoms with van der Waals surface area (Å²) in [4.78, 5) is 0. The minimum absolute atomic E-state index is 0.227. The number of pyridine rings is 2. The van der Waals surface area contributed by atoms with Crippen LogP contribution in [0.2, 0.25) is 0 Å². The monoisotopic (exact) mass is 219 g/mol. The van der Waals surface area contributed by atoms with E-state index in [1.54, 1.807) is 0 Å². The predicted molar refractivity (Wildman–Crippen MR) is 61.2 cm³/mol. The minimum Gasteiger partial charge on any atom is -0.394 e. The van der Waals surface area contributed by atoms with Gasteiger partial charge in [0, 0.05) is 36.5 Å². The van der Waals surface area contributed by atoms with E-state index in [0.29, 0.717) is 6.54 Å². The number of aliphatic hydroxyl groups excluding tert-OH is 2. The quantitative estimate of drug-likeness (QED) is 0.643. The summed E-state index contributed by atoms with van der Waals surface area (Å²) >= 11 is 0. The Morgan fingerprint density at radius 1 is 1.25 bits per heavy atom. The van der Waals surface area contributed by atoms with Crippen LogP contribution in [-0.4, -0.2) is 29.5 Å². The molecule has 84 valence electrons. The van der Waals surface area contributed by atoms with Crippen LogP contribution in [0.4, 0.5) is 5.69 Å². The number of rotatable bonds is 4. The number of anilines is 1. The van der Waals surface area contributed by atoms with Crippen molar-refractivity contribution in [2.75, 3.05) is 18.5 Å². The summed E-state index contributed by atoms with van der Waals surface area (Å²) < 4.78 is 2.01. The maximum Gasteiger partial charge on any atom is 0.212 e. The highest BCUT2D eigenvalue weighted by Gasteiger charge is 2.04. The average Bonchev–Trinajstić information content (AvgIpc) is 2.35. The van der Waals surface area contributed by atoms with E-state index < -0.39 is 6.10 Å². The number of aliphatic hydroxyl groups is 2. The van der Waals surface area contributed by atoms with E-state index in [4.69, 9.17) is 5.11 Å². The summed E-state index contributed by atoms with van der Waals surface area (Å²) in [5.74, 6) is 0. The number of nitrogens with one attached hydrogen (secondary N) is 1. The lowest BCUT2D eigenvalue weighted by Crippen LogP contribution is -2.24. The molecular formula is C12H15N2O2+. The normalized spacial score (nSPS) is 12.6. The van der Waals surface area contributed by atoms with Crippen molar-refractivity contribution in [3.05, 3.63) is 42.7 Å². The van der Waals surface area contributed by atoms with Crippen LogP contribution >= 0.6 is 0 Å². The molecule has 0 aliphatic heterocycles. The molecule has 0 aliphatic carbocycles. The van der Waals surface area contributed by atoms with Crippen LogP contribution in [0.15, 0.2) is 42.7 Å². The Balaban J connectivity index is 2.13. The third kappa shape index (κ3) is 2.48. The van der Waals surface area contributed by atoms with Gasteiger partial charge in [-0.3, -0.25) is 0 Å². The van der Waals surface area contributed by atoms with E-state index in [9.17, 15) is 5.11 Å². The first-order valence-electron chi connectivity index (χ1n) is 5.22. The summed E-state index contributed by atoms with van der Waals surface area (Å²) in [6, 6.07) is 9.87. The van der Waals surface area contributed by atoms with Crippen LogP contribution < -0.4 is 9.72 Å². The molecule has 0 aromatic carbocycles. The van der Waals surface area contributed by atoms with Gasteiger partial charge in [0.1, 0.15) is 0 Å². The highest BCUT2D eigenvalue weighted by molar-refractivity contribution is 5.53. The number of fused-ring (bicyclic) bond motifs is 1. The lowest BCUT2D eigenvalue weighted by Gasteiger charge is -2.09. The molecule has 4 nitrogen and oxygen atoms in total. The summed E-state index contributed by atoms with van der Waals surface area (Å²) in [6.07, 6.45) is 3.20. The van der Waals surface area contributed by atoms with Crippen molar-refractivity contribution in [3.8, 4) is 0 Å². The van der Waals surface area contributed by atoms with Gasteiger partial charge in [-0.1, -0.05) is 0 Å². The Morgan fingerprint density at radius 2 is 2.12 bits per heavy atom. The van der Waals surface area contributed by atoms with E-state index in [2.05, 4.69) is 5.32 Å². The SMILES string of the molecule is OCC(O)CNc1cc[n+]2ccccc2c1. The fourth-order valence-electron chi connectivity index (χ4n) is 1.51. The zero-order valence-corrected chi connectivity index (χ0v) is 8.87. The average molecular weight is 219 g/mol. The van der Waals surface area contributed by atoms with Crippen molar-refractivity contribution in [3.63, 3.8) is 0 Å². The first-order chi connectivity index (χ1) is 7.79. The smallest absolute Gasteiger partial charge is 0.212 e. The second-order valence-corrected chi connectivity index (χ2v) is 3.67. The van der Waals surface area contributed by atoms with Crippen LogP contribution in [0, 0.1) is 0 Å².